The first-order chi connectivity index (χ1) is 6.84. The van der Waals surface area contributed by atoms with E-state index in [1.54, 1.807) is 6.33 Å². The molecule has 0 aromatic carbocycles. The molecule has 77 valence electrons. The summed E-state index contributed by atoms with van der Waals surface area (Å²) in [5.41, 5.74) is 0. The third-order valence-corrected chi connectivity index (χ3v) is 3.72. The van der Waals surface area contributed by atoms with Crippen LogP contribution in [0.1, 0.15) is 0 Å². The van der Waals surface area contributed by atoms with E-state index in [2.05, 4.69) is 16.1 Å². The maximum Gasteiger partial charge on any atom is 0.118 e. The number of imidazole rings is 1. The molecule has 0 spiro atoms. The van der Waals surface area contributed by atoms with Gasteiger partial charge in [0.2, 0.25) is 0 Å². The van der Waals surface area contributed by atoms with Gasteiger partial charge >= 0.3 is 0 Å². The van der Waals surface area contributed by atoms with Crippen LogP contribution in [-0.2, 0) is 17.7 Å². The second-order valence-electron chi connectivity index (χ2n) is 3.43. The van der Waals surface area contributed by atoms with Crippen molar-refractivity contribution in [3.8, 4) is 0 Å². The topological polar surface area (TPSA) is 44.1 Å². The molecule has 1 aliphatic rings. The van der Waals surface area contributed by atoms with E-state index < -0.39 is 11.2 Å². The molecule has 1 aliphatic heterocycles. The highest BCUT2D eigenvalue weighted by Gasteiger charge is 2.18. The van der Waals surface area contributed by atoms with Crippen molar-refractivity contribution in [2.45, 2.75) is 6.54 Å². The van der Waals surface area contributed by atoms with Crippen molar-refractivity contribution in [3.05, 3.63) is 18.7 Å². The van der Waals surface area contributed by atoms with Gasteiger partial charge in [-0.3, -0.25) is 4.90 Å². The molecule has 1 saturated heterocycles. The van der Waals surface area contributed by atoms with Gasteiger partial charge in [0.1, 0.15) is 17.7 Å². The Bertz CT molecular complexity index is 257. The molecule has 14 heavy (non-hydrogen) atoms. The molecule has 5 heteroatoms. The molecule has 1 radical (unpaired) electrons. The average Bonchev–Trinajstić information content (AvgIpc) is 2.70. The summed E-state index contributed by atoms with van der Waals surface area (Å²) in [6, 6.07) is 0. The highest BCUT2D eigenvalue weighted by atomic mass is 32.2. The largest absolute Gasteiger partial charge is 0.616 e. The summed E-state index contributed by atoms with van der Waals surface area (Å²) >= 11 is -0.568. The molecule has 0 unspecified atom stereocenters. The van der Waals surface area contributed by atoms with E-state index in [1.807, 2.05) is 10.8 Å². The summed E-state index contributed by atoms with van der Waals surface area (Å²) in [6.07, 6.45) is 6.40. The molecule has 4 nitrogen and oxygen atoms in total. The lowest BCUT2D eigenvalue weighted by atomic mass is 10.4. The number of aromatic nitrogens is 2. The van der Waals surface area contributed by atoms with Crippen molar-refractivity contribution >= 4 is 11.2 Å². The Morgan fingerprint density at radius 3 is 2.79 bits per heavy atom. The Hall–Kier alpha value is -0.520. The summed E-state index contributed by atoms with van der Waals surface area (Å²) in [5, 5.41) is 0. The Labute approximate surface area is 87.1 Å². The van der Waals surface area contributed by atoms with E-state index >= 15 is 0 Å². The zero-order valence-electron chi connectivity index (χ0n) is 8.06. The number of rotatable bonds is 3. The van der Waals surface area contributed by atoms with Gasteiger partial charge in [0.05, 0.1) is 6.33 Å². The average molecular weight is 212 g/mol. The molecular formula is C9H14N3OS. The van der Waals surface area contributed by atoms with Crippen LogP contribution in [-0.4, -0.2) is 50.1 Å². The smallest absolute Gasteiger partial charge is 0.118 e. The molecule has 2 heterocycles. The van der Waals surface area contributed by atoms with Crippen LogP contribution >= 0.6 is 0 Å². The first kappa shape index (κ1) is 10.0. The normalized spacial score (nSPS) is 20.1. The summed E-state index contributed by atoms with van der Waals surface area (Å²) in [5.74, 6) is 1.66. The number of hydrogen-bond acceptors (Lipinski definition) is 3. The van der Waals surface area contributed by atoms with Crippen LogP contribution in [0.3, 0.4) is 0 Å². The molecule has 0 saturated carbocycles. The van der Waals surface area contributed by atoms with Gasteiger partial charge in [0.15, 0.2) is 0 Å². The molecule has 0 amide bonds. The summed E-state index contributed by atoms with van der Waals surface area (Å²) in [7, 11) is 0. The fourth-order valence-corrected chi connectivity index (χ4v) is 2.65. The fourth-order valence-electron chi connectivity index (χ4n) is 1.53. The monoisotopic (exact) mass is 212 g/mol. The first-order valence-electron chi connectivity index (χ1n) is 4.80. The predicted molar refractivity (Wildman–Crippen MR) is 55.4 cm³/mol. The van der Waals surface area contributed by atoms with E-state index in [1.165, 1.54) is 0 Å². The van der Waals surface area contributed by atoms with Crippen LogP contribution in [0.5, 0.6) is 0 Å². The molecular weight excluding hydrogens is 198 g/mol. The number of nitrogens with zero attached hydrogens (tertiary/aromatic N) is 3. The van der Waals surface area contributed by atoms with Gasteiger partial charge in [-0.2, -0.15) is 0 Å². The SMILES string of the molecule is [O-][S+]1CCN(CCn2c[c]nc2)CC1. The lowest BCUT2D eigenvalue weighted by molar-refractivity contribution is 0.283. The summed E-state index contributed by atoms with van der Waals surface area (Å²) in [4.78, 5) is 6.22. The molecule has 2 rings (SSSR count). The van der Waals surface area contributed by atoms with Crippen molar-refractivity contribution in [1.29, 1.82) is 0 Å². The minimum absolute atomic E-state index is 0.568. The van der Waals surface area contributed by atoms with Crippen LogP contribution in [0, 0.1) is 6.20 Å². The summed E-state index contributed by atoms with van der Waals surface area (Å²) in [6.45, 7) is 3.89. The molecule has 0 atom stereocenters. The van der Waals surface area contributed by atoms with Crippen LogP contribution in [0.25, 0.3) is 0 Å². The summed E-state index contributed by atoms with van der Waals surface area (Å²) < 4.78 is 13.1. The van der Waals surface area contributed by atoms with Crippen LogP contribution in [0.4, 0.5) is 0 Å². The van der Waals surface area contributed by atoms with E-state index in [4.69, 9.17) is 0 Å². The van der Waals surface area contributed by atoms with Gasteiger partial charge in [-0.05, 0) is 0 Å². The van der Waals surface area contributed by atoms with E-state index in [9.17, 15) is 4.55 Å². The Kier molecular flexibility index (Phi) is 3.44. The highest BCUT2D eigenvalue weighted by Crippen LogP contribution is 2.03. The number of hydrogen-bond donors (Lipinski definition) is 0. The van der Waals surface area contributed by atoms with Crippen LogP contribution in [0.15, 0.2) is 12.5 Å². The maximum atomic E-state index is 11.1. The standard InChI is InChI=1S/C9H14N3OS/c13-14-7-5-11(6-8-14)3-4-12-2-1-10-9-12/h2,9H,3-8H2. The zero-order valence-corrected chi connectivity index (χ0v) is 8.87. The van der Waals surface area contributed by atoms with Crippen molar-refractivity contribution in [2.75, 3.05) is 31.1 Å². The van der Waals surface area contributed by atoms with Gasteiger partial charge in [-0.1, -0.05) is 11.2 Å². The minimum Gasteiger partial charge on any atom is -0.616 e. The molecule has 1 aromatic heterocycles. The zero-order chi connectivity index (χ0) is 9.80. The Morgan fingerprint density at radius 1 is 1.36 bits per heavy atom. The van der Waals surface area contributed by atoms with E-state index in [-0.39, 0.29) is 0 Å². The predicted octanol–water partition coefficient (Wildman–Crippen LogP) is -0.252. The third-order valence-electron chi connectivity index (χ3n) is 2.45. The minimum atomic E-state index is -0.568. The van der Waals surface area contributed by atoms with Crippen molar-refractivity contribution in [1.82, 2.24) is 14.5 Å². The first-order valence-corrected chi connectivity index (χ1v) is 6.28. The van der Waals surface area contributed by atoms with E-state index in [0.29, 0.717) is 0 Å². The Morgan fingerprint density at radius 2 is 2.14 bits per heavy atom. The second-order valence-corrected chi connectivity index (χ2v) is 5.13. The van der Waals surface area contributed by atoms with Crippen LogP contribution < -0.4 is 0 Å². The quantitative estimate of drug-likeness (QED) is 0.649. The molecule has 1 fully saturated rings. The Balaban J connectivity index is 1.71. The molecule has 0 N–H and O–H groups in total. The lowest BCUT2D eigenvalue weighted by Crippen LogP contribution is -2.41. The van der Waals surface area contributed by atoms with Gasteiger partial charge in [-0.15, -0.1) is 0 Å². The van der Waals surface area contributed by atoms with Gasteiger partial charge < -0.3 is 9.12 Å². The third kappa shape index (κ3) is 2.73. The van der Waals surface area contributed by atoms with Crippen LogP contribution in [0.2, 0.25) is 0 Å². The second kappa shape index (κ2) is 4.82. The molecule has 0 bridgehead atoms. The maximum absolute atomic E-state index is 11.1. The van der Waals surface area contributed by atoms with Gasteiger partial charge in [0, 0.05) is 32.4 Å². The molecule has 0 aliphatic carbocycles. The van der Waals surface area contributed by atoms with Crippen molar-refractivity contribution < 1.29 is 4.55 Å². The van der Waals surface area contributed by atoms with E-state index in [0.717, 1.165) is 37.7 Å². The highest BCUT2D eigenvalue weighted by molar-refractivity contribution is 7.91. The van der Waals surface area contributed by atoms with Gasteiger partial charge in [0.25, 0.3) is 0 Å². The fraction of sp³-hybridized carbons (Fsp3) is 0.667. The lowest BCUT2D eigenvalue weighted by Gasteiger charge is -2.27. The van der Waals surface area contributed by atoms with Crippen molar-refractivity contribution in [2.24, 2.45) is 0 Å². The molecule has 1 aromatic rings. The van der Waals surface area contributed by atoms with Gasteiger partial charge in [-0.25, -0.2) is 4.98 Å². The van der Waals surface area contributed by atoms with Crippen molar-refractivity contribution in [3.63, 3.8) is 0 Å².